The van der Waals surface area contributed by atoms with Crippen molar-refractivity contribution in [2.75, 3.05) is 19.7 Å². The SMILES string of the molecule is CC(C)NC(=O)[C@@]1(Cc2ccc(-c3cccnc3)cc2)CN(C(=O)c2ncn[nH]2)CCO1. The predicted molar refractivity (Wildman–Crippen MR) is 118 cm³/mol. The van der Waals surface area contributed by atoms with E-state index in [0.717, 1.165) is 16.7 Å². The number of ether oxygens (including phenoxy) is 1. The zero-order valence-electron chi connectivity index (χ0n) is 18.1. The van der Waals surface area contributed by atoms with Gasteiger partial charge >= 0.3 is 0 Å². The Kier molecular flexibility index (Phi) is 6.27. The number of amides is 2. The van der Waals surface area contributed by atoms with E-state index in [1.807, 2.05) is 56.4 Å². The number of H-pyrrole nitrogens is 1. The van der Waals surface area contributed by atoms with Gasteiger partial charge in [0.2, 0.25) is 5.82 Å². The average Bonchev–Trinajstić information content (AvgIpc) is 3.34. The molecule has 2 amide bonds. The second-order valence-electron chi connectivity index (χ2n) is 8.15. The van der Waals surface area contributed by atoms with E-state index in [9.17, 15) is 9.59 Å². The summed E-state index contributed by atoms with van der Waals surface area (Å²) >= 11 is 0. The first-order valence-electron chi connectivity index (χ1n) is 10.6. The third-order valence-corrected chi connectivity index (χ3v) is 5.36. The summed E-state index contributed by atoms with van der Waals surface area (Å²) in [4.78, 5) is 35.8. The van der Waals surface area contributed by atoms with Crippen LogP contribution in [0.5, 0.6) is 0 Å². The minimum absolute atomic E-state index is 0.0590. The van der Waals surface area contributed by atoms with Crippen molar-refractivity contribution < 1.29 is 14.3 Å². The summed E-state index contributed by atoms with van der Waals surface area (Å²) in [7, 11) is 0. The first kappa shape index (κ1) is 21.6. The molecule has 1 aromatic carbocycles. The summed E-state index contributed by atoms with van der Waals surface area (Å²) in [5, 5.41) is 9.31. The monoisotopic (exact) mass is 434 g/mol. The maximum Gasteiger partial charge on any atom is 0.291 e. The molecule has 32 heavy (non-hydrogen) atoms. The van der Waals surface area contributed by atoms with Crippen molar-refractivity contribution in [1.82, 2.24) is 30.4 Å². The molecule has 3 aromatic rings. The number of hydrogen-bond donors (Lipinski definition) is 2. The first-order valence-corrected chi connectivity index (χ1v) is 10.6. The predicted octanol–water partition coefficient (Wildman–Crippen LogP) is 1.85. The normalized spacial score (nSPS) is 18.5. The molecule has 0 bridgehead atoms. The van der Waals surface area contributed by atoms with E-state index < -0.39 is 5.60 Å². The van der Waals surface area contributed by atoms with E-state index in [4.69, 9.17) is 4.74 Å². The van der Waals surface area contributed by atoms with Gasteiger partial charge in [-0.25, -0.2) is 4.98 Å². The van der Waals surface area contributed by atoms with Crippen molar-refractivity contribution in [2.24, 2.45) is 0 Å². The maximum absolute atomic E-state index is 13.3. The molecule has 1 saturated heterocycles. The molecule has 0 spiro atoms. The lowest BCUT2D eigenvalue weighted by molar-refractivity contribution is -0.157. The van der Waals surface area contributed by atoms with Gasteiger partial charge in [-0.15, -0.1) is 0 Å². The molecule has 0 saturated carbocycles. The largest absolute Gasteiger partial charge is 0.361 e. The smallest absolute Gasteiger partial charge is 0.291 e. The van der Waals surface area contributed by atoms with Crippen LogP contribution in [0.1, 0.15) is 30.0 Å². The molecule has 166 valence electrons. The minimum Gasteiger partial charge on any atom is -0.361 e. The molecule has 9 heteroatoms. The van der Waals surface area contributed by atoms with Crippen LogP contribution in [0, 0.1) is 0 Å². The Labute approximate surface area is 186 Å². The van der Waals surface area contributed by atoms with Crippen molar-refractivity contribution in [3.63, 3.8) is 0 Å². The summed E-state index contributed by atoms with van der Waals surface area (Å²) < 4.78 is 6.08. The molecule has 4 rings (SSSR count). The van der Waals surface area contributed by atoms with E-state index >= 15 is 0 Å². The van der Waals surface area contributed by atoms with Gasteiger partial charge in [-0.1, -0.05) is 30.3 Å². The van der Waals surface area contributed by atoms with Crippen molar-refractivity contribution in [3.05, 3.63) is 66.5 Å². The van der Waals surface area contributed by atoms with Crippen LogP contribution in [-0.2, 0) is 16.0 Å². The van der Waals surface area contributed by atoms with Crippen LogP contribution in [-0.4, -0.2) is 68.2 Å². The first-order chi connectivity index (χ1) is 15.5. The Bertz CT molecular complexity index is 1050. The maximum atomic E-state index is 13.3. The van der Waals surface area contributed by atoms with Gasteiger partial charge in [-0.3, -0.25) is 19.7 Å². The quantitative estimate of drug-likeness (QED) is 0.612. The number of nitrogens with one attached hydrogen (secondary N) is 2. The van der Waals surface area contributed by atoms with Crippen molar-refractivity contribution in [1.29, 1.82) is 0 Å². The molecule has 0 radical (unpaired) electrons. The van der Waals surface area contributed by atoms with Crippen molar-refractivity contribution in [3.8, 4) is 11.1 Å². The highest BCUT2D eigenvalue weighted by Crippen LogP contribution is 2.27. The summed E-state index contributed by atoms with van der Waals surface area (Å²) in [6.07, 6.45) is 5.17. The zero-order chi connectivity index (χ0) is 22.6. The number of rotatable bonds is 6. The Balaban J connectivity index is 1.59. The Morgan fingerprint density at radius 1 is 1.22 bits per heavy atom. The number of morpholine rings is 1. The number of benzene rings is 1. The lowest BCUT2D eigenvalue weighted by Crippen LogP contribution is -2.62. The molecule has 0 aliphatic carbocycles. The Morgan fingerprint density at radius 3 is 2.69 bits per heavy atom. The number of carbonyl (C=O) groups excluding carboxylic acids is 2. The third-order valence-electron chi connectivity index (χ3n) is 5.36. The molecule has 3 heterocycles. The molecular formula is C23H26N6O3. The molecule has 1 atom stereocenters. The van der Waals surface area contributed by atoms with Crippen LogP contribution in [0.15, 0.2) is 55.1 Å². The zero-order valence-corrected chi connectivity index (χ0v) is 18.1. The van der Waals surface area contributed by atoms with Crippen LogP contribution in [0.4, 0.5) is 0 Å². The number of aromatic amines is 1. The van der Waals surface area contributed by atoms with Crippen LogP contribution in [0.2, 0.25) is 0 Å². The van der Waals surface area contributed by atoms with E-state index in [0.29, 0.717) is 13.0 Å². The van der Waals surface area contributed by atoms with E-state index in [-0.39, 0.29) is 36.8 Å². The standard InChI is InChI=1S/C23H26N6O3/c1-16(2)27-22(31)23(14-29(10-11-32-23)21(30)20-25-15-26-28-20)12-17-5-7-18(8-6-17)19-4-3-9-24-13-19/h3-9,13,15-16H,10-12,14H2,1-2H3,(H,27,31)(H,25,26,28)/t23-/m1/s1. The number of pyridine rings is 1. The number of nitrogens with zero attached hydrogens (tertiary/aromatic N) is 4. The average molecular weight is 435 g/mol. The van der Waals surface area contributed by atoms with Gasteiger partial charge < -0.3 is 15.0 Å². The lowest BCUT2D eigenvalue weighted by Gasteiger charge is -2.41. The number of hydrogen-bond acceptors (Lipinski definition) is 6. The van der Waals surface area contributed by atoms with Crippen LogP contribution < -0.4 is 5.32 Å². The lowest BCUT2D eigenvalue weighted by atomic mass is 9.90. The van der Waals surface area contributed by atoms with E-state index in [1.165, 1.54) is 6.33 Å². The Hall–Kier alpha value is -3.59. The summed E-state index contributed by atoms with van der Waals surface area (Å²) in [5.41, 5.74) is 1.79. The van der Waals surface area contributed by atoms with Gasteiger partial charge in [-0.05, 0) is 36.6 Å². The van der Waals surface area contributed by atoms with Gasteiger partial charge in [0, 0.05) is 31.4 Å². The number of aromatic nitrogens is 4. The fraction of sp³-hybridized carbons (Fsp3) is 0.348. The van der Waals surface area contributed by atoms with Crippen molar-refractivity contribution in [2.45, 2.75) is 31.9 Å². The molecule has 1 aliphatic heterocycles. The highest BCUT2D eigenvalue weighted by atomic mass is 16.5. The van der Waals surface area contributed by atoms with E-state index in [1.54, 1.807) is 11.1 Å². The summed E-state index contributed by atoms with van der Waals surface area (Å²) in [5.74, 6) is -0.399. The molecule has 1 fully saturated rings. The fourth-order valence-corrected chi connectivity index (χ4v) is 3.81. The topological polar surface area (TPSA) is 113 Å². The van der Waals surface area contributed by atoms with Gasteiger partial charge in [0.25, 0.3) is 11.8 Å². The highest BCUT2D eigenvalue weighted by Gasteiger charge is 2.45. The third kappa shape index (κ3) is 4.67. The fourth-order valence-electron chi connectivity index (χ4n) is 3.81. The molecule has 1 aliphatic rings. The van der Waals surface area contributed by atoms with Gasteiger partial charge in [-0.2, -0.15) is 5.10 Å². The van der Waals surface area contributed by atoms with E-state index in [2.05, 4.69) is 25.5 Å². The molecule has 2 N–H and O–H groups in total. The van der Waals surface area contributed by atoms with Gasteiger partial charge in [0.1, 0.15) is 6.33 Å². The van der Waals surface area contributed by atoms with Crippen molar-refractivity contribution >= 4 is 11.8 Å². The molecule has 9 nitrogen and oxygen atoms in total. The number of carbonyl (C=O) groups is 2. The van der Waals surface area contributed by atoms with Crippen LogP contribution >= 0.6 is 0 Å². The highest BCUT2D eigenvalue weighted by molar-refractivity contribution is 5.92. The minimum atomic E-state index is -1.20. The summed E-state index contributed by atoms with van der Waals surface area (Å²) in [6.45, 7) is 4.54. The molecular weight excluding hydrogens is 408 g/mol. The summed E-state index contributed by atoms with van der Waals surface area (Å²) in [6, 6.07) is 11.8. The molecule has 2 aromatic heterocycles. The second kappa shape index (κ2) is 9.27. The second-order valence-corrected chi connectivity index (χ2v) is 8.15. The van der Waals surface area contributed by atoms with Crippen LogP contribution in [0.25, 0.3) is 11.1 Å². The van der Waals surface area contributed by atoms with Gasteiger partial charge in [0.05, 0.1) is 13.2 Å². The molecule has 0 unspecified atom stereocenters. The Morgan fingerprint density at radius 2 is 2.03 bits per heavy atom. The van der Waals surface area contributed by atoms with Gasteiger partial charge in [0.15, 0.2) is 5.60 Å². The van der Waals surface area contributed by atoms with Crippen LogP contribution in [0.3, 0.4) is 0 Å².